The summed E-state index contributed by atoms with van der Waals surface area (Å²) in [6.45, 7) is 6.53. The van der Waals surface area contributed by atoms with E-state index in [0.717, 1.165) is 17.5 Å². The third kappa shape index (κ3) is 3.45. The van der Waals surface area contributed by atoms with E-state index in [0.29, 0.717) is 12.2 Å². The Balaban J connectivity index is 2.52. The lowest BCUT2D eigenvalue weighted by atomic mass is 9.98. The van der Waals surface area contributed by atoms with Gasteiger partial charge in [-0.05, 0) is 50.1 Å². The van der Waals surface area contributed by atoms with Crippen LogP contribution in [0.3, 0.4) is 0 Å². The molecule has 2 nitrogen and oxygen atoms in total. The number of nitrogens with zero attached hydrogens (tertiary/aromatic N) is 1. The van der Waals surface area contributed by atoms with Crippen molar-refractivity contribution in [1.29, 1.82) is 0 Å². The minimum absolute atomic E-state index is 0.0328. The van der Waals surface area contributed by atoms with Gasteiger partial charge >= 0.3 is 0 Å². The van der Waals surface area contributed by atoms with Crippen molar-refractivity contribution >= 4 is 0 Å². The molecular formula is C17H20F2N2. The Bertz CT molecular complexity index is 606. The second-order valence-corrected chi connectivity index (χ2v) is 5.24. The summed E-state index contributed by atoms with van der Waals surface area (Å²) in [6, 6.07) is 5.33. The molecule has 1 heterocycles. The normalized spacial score (nSPS) is 12.4. The molecule has 21 heavy (non-hydrogen) atoms. The average Bonchev–Trinajstić information content (AvgIpc) is 2.43. The minimum atomic E-state index is -0.577. The molecule has 0 aliphatic heterocycles. The number of rotatable bonds is 5. The molecule has 1 unspecified atom stereocenters. The third-order valence-electron chi connectivity index (χ3n) is 3.42. The highest BCUT2D eigenvalue weighted by Crippen LogP contribution is 2.28. The van der Waals surface area contributed by atoms with E-state index in [2.05, 4.69) is 10.3 Å². The van der Waals surface area contributed by atoms with Gasteiger partial charge in [-0.1, -0.05) is 19.1 Å². The average molecular weight is 290 g/mol. The lowest BCUT2D eigenvalue weighted by Crippen LogP contribution is -2.26. The van der Waals surface area contributed by atoms with E-state index in [1.807, 2.05) is 26.8 Å². The van der Waals surface area contributed by atoms with E-state index in [-0.39, 0.29) is 5.56 Å². The maximum atomic E-state index is 14.1. The third-order valence-corrected chi connectivity index (χ3v) is 3.42. The van der Waals surface area contributed by atoms with Crippen LogP contribution in [-0.4, -0.2) is 11.5 Å². The van der Waals surface area contributed by atoms with E-state index in [9.17, 15) is 8.78 Å². The van der Waals surface area contributed by atoms with Crippen LogP contribution in [0.5, 0.6) is 0 Å². The van der Waals surface area contributed by atoms with Crippen molar-refractivity contribution in [1.82, 2.24) is 10.3 Å². The first-order valence-corrected chi connectivity index (χ1v) is 7.15. The molecule has 1 N–H and O–H groups in total. The largest absolute Gasteiger partial charge is 0.305 e. The van der Waals surface area contributed by atoms with Gasteiger partial charge in [0.1, 0.15) is 11.6 Å². The molecular weight excluding hydrogens is 270 g/mol. The van der Waals surface area contributed by atoms with Crippen molar-refractivity contribution in [3.8, 4) is 0 Å². The Morgan fingerprint density at radius 3 is 2.43 bits per heavy atom. The molecule has 4 heteroatoms. The van der Waals surface area contributed by atoms with Gasteiger partial charge in [-0.2, -0.15) is 0 Å². The van der Waals surface area contributed by atoms with Crippen LogP contribution < -0.4 is 5.32 Å². The quantitative estimate of drug-likeness (QED) is 0.898. The monoisotopic (exact) mass is 290 g/mol. The zero-order valence-corrected chi connectivity index (χ0v) is 12.6. The molecule has 1 aromatic heterocycles. The number of pyridine rings is 1. The van der Waals surface area contributed by atoms with Gasteiger partial charge in [0.15, 0.2) is 0 Å². The summed E-state index contributed by atoms with van der Waals surface area (Å²) in [5.74, 6) is -1.10. The van der Waals surface area contributed by atoms with Crippen LogP contribution in [0.2, 0.25) is 0 Å². The second-order valence-electron chi connectivity index (χ2n) is 5.24. The van der Waals surface area contributed by atoms with Gasteiger partial charge in [-0.25, -0.2) is 8.78 Å². The second kappa shape index (κ2) is 6.76. The van der Waals surface area contributed by atoms with E-state index < -0.39 is 17.7 Å². The molecule has 0 aliphatic rings. The first-order valence-electron chi connectivity index (χ1n) is 7.15. The van der Waals surface area contributed by atoms with E-state index in [4.69, 9.17) is 0 Å². The highest BCUT2D eigenvalue weighted by Gasteiger charge is 2.23. The first kappa shape index (κ1) is 15.6. The van der Waals surface area contributed by atoms with Crippen LogP contribution in [0.1, 0.15) is 41.8 Å². The van der Waals surface area contributed by atoms with Gasteiger partial charge in [0.05, 0.1) is 11.7 Å². The highest BCUT2D eigenvalue weighted by atomic mass is 19.1. The predicted molar refractivity (Wildman–Crippen MR) is 80.2 cm³/mol. The van der Waals surface area contributed by atoms with Crippen molar-refractivity contribution in [2.45, 2.75) is 33.2 Å². The summed E-state index contributed by atoms with van der Waals surface area (Å²) in [5.41, 5.74) is 2.65. The molecule has 0 aliphatic carbocycles. The summed E-state index contributed by atoms with van der Waals surface area (Å²) in [5, 5.41) is 3.20. The van der Waals surface area contributed by atoms with Crippen LogP contribution in [0.15, 0.2) is 30.5 Å². The molecule has 0 amide bonds. The van der Waals surface area contributed by atoms with Crippen molar-refractivity contribution in [3.63, 3.8) is 0 Å². The van der Waals surface area contributed by atoms with Gasteiger partial charge in [0.25, 0.3) is 0 Å². The van der Waals surface area contributed by atoms with Crippen molar-refractivity contribution in [2.75, 3.05) is 6.54 Å². The van der Waals surface area contributed by atoms with Gasteiger partial charge in [-0.15, -0.1) is 0 Å². The summed E-state index contributed by atoms with van der Waals surface area (Å²) in [7, 11) is 0. The summed E-state index contributed by atoms with van der Waals surface area (Å²) in [4.78, 5) is 4.39. The lowest BCUT2D eigenvalue weighted by molar-refractivity contribution is 0.496. The molecule has 0 saturated heterocycles. The van der Waals surface area contributed by atoms with Gasteiger partial charge in [0, 0.05) is 11.8 Å². The molecule has 1 atom stereocenters. The number of aryl methyl sites for hydroxylation is 2. The Kier molecular flexibility index (Phi) is 5.02. The summed E-state index contributed by atoms with van der Waals surface area (Å²) < 4.78 is 28.2. The molecule has 2 rings (SSSR count). The molecule has 0 saturated carbocycles. The Labute approximate surface area is 124 Å². The molecule has 2 aromatic rings. The van der Waals surface area contributed by atoms with E-state index in [1.54, 1.807) is 6.20 Å². The highest BCUT2D eigenvalue weighted by molar-refractivity contribution is 5.35. The number of aromatic nitrogens is 1. The van der Waals surface area contributed by atoms with Crippen molar-refractivity contribution < 1.29 is 8.78 Å². The molecule has 0 spiro atoms. The number of halogens is 2. The molecule has 0 bridgehead atoms. The Morgan fingerprint density at radius 2 is 1.86 bits per heavy atom. The summed E-state index contributed by atoms with van der Waals surface area (Å²) in [6.07, 6.45) is 2.60. The van der Waals surface area contributed by atoms with Crippen molar-refractivity contribution in [3.05, 3.63) is 64.5 Å². The minimum Gasteiger partial charge on any atom is -0.305 e. The Hall–Kier alpha value is -1.81. The number of benzene rings is 1. The molecule has 112 valence electrons. The first-order chi connectivity index (χ1) is 10.0. The van der Waals surface area contributed by atoms with Crippen LogP contribution in [0, 0.1) is 25.5 Å². The predicted octanol–water partition coefficient (Wildman–Crippen LogP) is 4.07. The van der Waals surface area contributed by atoms with Gasteiger partial charge in [-0.3, -0.25) is 4.98 Å². The zero-order valence-electron chi connectivity index (χ0n) is 12.6. The fraction of sp³-hybridized carbons (Fsp3) is 0.353. The van der Waals surface area contributed by atoms with Crippen LogP contribution in [0.25, 0.3) is 0 Å². The Morgan fingerprint density at radius 1 is 1.19 bits per heavy atom. The van der Waals surface area contributed by atoms with E-state index in [1.165, 1.54) is 18.2 Å². The zero-order chi connectivity index (χ0) is 15.4. The topological polar surface area (TPSA) is 24.9 Å². The number of hydrogen-bond donors (Lipinski definition) is 1. The van der Waals surface area contributed by atoms with Crippen LogP contribution >= 0.6 is 0 Å². The SMILES string of the molecule is CCCNC(c1ncc(C)cc1C)c1c(F)cccc1F. The summed E-state index contributed by atoms with van der Waals surface area (Å²) >= 11 is 0. The number of hydrogen-bond acceptors (Lipinski definition) is 2. The lowest BCUT2D eigenvalue weighted by Gasteiger charge is -2.21. The fourth-order valence-corrected chi connectivity index (χ4v) is 2.44. The van der Waals surface area contributed by atoms with Gasteiger partial charge in [0.2, 0.25) is 0 Å². The molecule has 0 fully saturated rings. The maximum absolute atomic E-state index is 14.1. The smallest absolute Gasteiger partial charge is 0.131 e. The van der Waals surface area contributed by atoms with Gasteiger partial charge < -0.3 is 5.32 Å². The maximum Gasteiger partial charge on any atom is 0.131 e. The van der Waals surface area contributed by atoms with Crippen molar-refractivity contribution in [2.24, 2.45) is 0 Å². The number of nitrogens with one attached hydrogen (secondary N) is 1. The van der Waals surface area contributed by atoms with Crippen LogP contribution in [0.4, 0.5) is 8.78 Å². The standard InChI is InChI=1S/C17H20F2N2/c1-4-8-20-17(15-13(18)6-5-7-14(15)19)16-12(3)9-11(2)10-21-16/h5-7,9-10,17,20H,4,8H2,1-3H3. The molecule has 0 radical (unpaired) electrons. The fourth-order valence-electron chi connectivity index (χ4n) is 2.44. The molecule has 1 aromatic carbocycles. The van der Waals surface area contributed by atoms with Crippen LogP contribution in [-0.2, 0) is 0 Å². The van der Waals surface area contributed by atoms with E-state index >= 15 is 0 Å².